The Bertz CT molecular complexity index is 823. The van der Waals surface area contributed by atoms with Gasteiger partial charge in [0, 0.05) is 57.7 Å². The first-order valence-electron chi connectivity index (χ1n) is 10.3. The largest absolute Gasteiger partial charge is 0.496 e. The summed E-state index contributed by atoms with van der Waals surface area (Å²) in [6, 6.07) is 18.3. The molecule has 29 heavy (non-hydrogen) atoms. The van der Waals surface area contributed by atoms with Crippen molar-refractivity contribution in [2.24, 2.45) is 11.8 Å². The summed E-state index contributed by atoms with van der Waals surface area (Å²) < 4.78 is 17.5. The number of rotatable bonds is 6. The number of aliphatic hydroxyl groups is 1. The van der Waals surface area contributed by atoms with E-state index in [1.165, 1.54) is 5.56 Å². The van der Waals surface area contributed by atoms with Crippen molar-refractivity contribution < 1.29 is 19.3 Å². The molecule has 3 atom stereocenters. The molecule has 0 aromatic heterocycles. The maximum Gasteiger partial charge on any atom is 0.172 e. The van der Waals surface area contributed by atoms with Gasteiger partial charge in [-0.1, -0.05) is 48.5 Å². The number of ether oxygens (including phenoxy) is 3. The van der Waals surface area contributed by atoms with Crippen molar-refractivity contribution in [2.45, 2.75) is 30.8 Å². The topological polar surface area (TPSA) is 51.2 Å². The standard InChI is InChI=1S/C24H31NO4/c1-27-22-12-8-7-11-19(22)23(26)13-14-24(28-2,29-3)21-17-25(16-20(21)23)15-18-9-5-4-6-10-18/h4-12,20-21,26H,13-17H2,1-3H3. The van der Waals surface area contributed by atoms with Crippen LogP contribution < -0.4 is 4.74 Å². The van der Waals surface area contributed by atoms with Crippen molar-refractivity contribution in [1.82, 2.24) is 4.90 Å². The second-order valence-corrected chi connectivity index (χ2v) is 8.24. The lowest BCUT2D eigenvalue weighted by molar-refractivity contribution is -0.284. The SMILES string of the molecule is COc1ccccc1C1(O)CCC(OC)(OC)C2CN(Cc3ccccc3)CC21. The highest BCUT2D eigenvalue weighted by molar-refractivity contribution is 5.39. The Morgan fingerprint density at radius 1 is 0.897 bits per heavy atom. The quantitative estimate of drug-likeness (QED) is 0.757. The third kappa shape index (κ3) is 3.46. The average Bonchev–Trinajstić information content (AvgIpc) is 3.21. The van der Waals surface area contributed by atoms with Gasteiger partial charge in [-0.15, -0.1) is 0 Å². The third-order valence-corrected chi connectivity index (χ3v) is 6.94. The first-order chi connectivity index (χ1) is 14.1. The van der Waals surface area contributed by atoms with Crippen LogP contribution in [0.4, 0.5) is 0 Å². The molecule has 1 aliphatic heterocycles. The van der Waals surface area contributed by atoms with E-state index in [1.807, 2.05) is 30.3 Å². The Kier molecular flexibility index (Phi) is 5.67. The van der Waals surface area contributed by atoms with Crippen LogP contribution in [-0.4, -0.2) is 50.2 Å². The highest BCUT2D eigenvalue weighted by Gasteiger charge is 2.60. The number of nitrogens with zero attached hydrogens (tertiary/aromatic N) is 1. The van der Waals surface area contributed by atoms with Gasteiger partial charge in [0.2, 0.25) is 0 Å². The van der Waals surface area contributed by atoms with Crippen LogP contribution >= 0.6 is 0 Å². The van der Waals surface area contributed by atoms with Crippen molar-refractivity contribution in [3.05, 3.63) is 65.7 Å². The second kappa shape index (κ2) is 8.07. The lowest BCUT2D eigenvalue weighted by Crippen LogP contribution is -2.56. The van der Waals surface area contributed by atoms with Gasteiger partial charge in [0.15, 0.2) is 5.79 Å². The van der Waals surface area contributed by atoms with Gasteiger partial charge >= 0.3 is 0 Å². The average molecular weight is 398 g/mol. The van der Waals surface area contributed by atoms with Gasteiger partial charge in [0.1, 0.15) is 5.75 Å². The molecule has 2 fully saturated rings. The molecule has 0 spiro atoms. The second-order valence-electron chi connectivity index (χ2n) is 8.24. The van der Waals surface area contributed by atoms with E-state index in [0.717, 1.165) is 30.9 Å². The molecular weight excluding hydrogens is 366 g/mol. The predicted molar refractivity (Wildman–Crippen MR) is 112 cm³/mol. The third-order valence-electron chi connectivity index (χ3n) is 6.94. The number of methoxy groups -OCH3 is 3. The van der Waals surface area contributed by atoms with Gasteiger partial charge in [-0.25, -0.2) is 0 Å². The Labute approximate surface area is 173 Å². The van der Waals surface area contributed by atoms with E-state index in [-0.39, 0.29) is 11.8 Å². The van der Waals surface area contributed by atoms with Gasteiger partial charge in [0.05, 0.1) is 12.7 Å². The number of hydrogen-bond acceptors (Lipinski definition) is 5. The molecule has 1 saturated heterocycles. The molecule has 2 aromatic rings. The van der Waals surface area contributed by atoms with Crippen molar-refractivity contribution >= 4 is 0 Å². The fourth-order valence-electron chi connectivity index (χ4n) is 5.45. The lowest BCUT2D eigenvalue weighted by Gasteiger charge is -2.50. The Morgan fingerprint density at radius 2 is 1.55 bits per heavy atom. The summed E-state index contributed by atoms with van der Waals surface area (Å²) in [5.74, 6) is 0.100. The molecule has 3 unspecified atom stereocenters. The first kappa shape index (κ1) is 20.4. The molecule has 2 aromatic carbocycles. The van der Waals surface area contributed by atoms with Crippen LogP contribution in [0.2, 0.25) is 0 Å². The number of hydrogen-bond donors (Lipinski definition) is 1. The van der Waals surface area contributed by atoms with Gasteiger partial charge in [0.25, 0.3) is 0 Å². The van der Waals surface area contributed by atoms with E-state index >= 15 is 0 Å². The monoisotopic (exact) mass is 397 g/mol. The van der Waals surface area contributed by atoms with Crippen LogP contribution in [0.1, 0.15) is 24.0 Å². The zero-order valence-corrected chi connectivity index (χ0v) is 17.5. The fraction of sp³-hybridized carbons (Fsp3) is 0.500. The minimum absolute atomic E-state index is 0.0174. The molecule has 1 aliphatic carbocycles. The van der Waals surface area contributed by atoms with Gasteiger partial charge in [-0.3, -0.25) is 4.90 Å². The van der Waals surface area contributed by atoms with Crippen LogP contribution in [0.5, 0.6) is 5.75 Å². The van der Waals surface area contributed by atoms with Crippen LogP contribution in [0.15, 0.2) is 54.6 Å². The summed E-state index contributed by atoms with van der Waals surface area (Å²) in [5, 5.41) is 12.0. The maximum atomic E-state index is 12.0. The fourth-order valence-corrected chi connectivity index (χ4v) is 5.45. The van der Waals surface area contributed by atoms with E-state index < -0.39 is 11.4 Å². The van der Waals surface area contributed by atoms with E-state index in [4.69, 9.17) is 14.2 Å². The normalized spacial score (nSPS) is 28.8. The number of para-hydroxylation sites is 1. The van der Waals surface area contributed by atoms with Gasteiger partial charge in [-0.05, 0) is 18.1 Å². The maximum absolute atomic E-state index is 12.0. The van der Waals surface area contributed by atoms with Crippen molar-refractivity contribution in [3.63, 3.8) is 0 Å². The van der Waals surface area contributed by atoms with Crippen molar-refractivity contribution in [2.75, 3.05) is 34.4 Å². The van der Waals surface area contributed by atoms with Crippen LogP contribution in [-0.2, 0) is 21.6 Å². The molecule has 5 nitrogen and oxygen atoms in total. The molecule has 1 N–H and O–H groups in total. The van der Waals surface area contributed by atoms with Crippen LogP contribution in [0.3, 0.4) is 0 Å². The molecule has 5 heteroatoms. The zero-order valence-electron chi connectivity index (χ0n) is 17.5. The van der Waals surface area contributed by atoms with Gasteiger partial charge in [-0.2, -0.15) is 0 Å². The Balaban J connectivity index is 1.70. The van der Waals surface area contributed by atoms with Gasteiger partial charge < -0.3 is 19.3 Å². The minimum atomic E-state index is -0.983. The highest BCUT2D eigenvalue weighted by atomic mass is 16.7. The lowest BCUT2D eigenvalue weighted by atomic mass is 9.64. The summed E-state index contributed by atoms with van der Waals surface area (Å²) in [4.78, 5) is 2.41. The minimum Gasteiger partial charge on any atom is -0.496 e. The molecule has 1 heterocycles. The number of fused-ring (bicyclic) bond motifs is 1. The van der Waals surface area contributed by atoms with Crippen molar-refractivity contribution in [1.29, 1.82) is 0 Å². The number of likely N-dealkylation sites (tertiary alicyclic amines) is 1. The summed E-state index contributed by atoms with van der Waals surface area (Å²) in [5.41, 5.74) is 1.15. The van der Waals surface area contributed by atoms with Crippen molar-refractivity contribution in [3.8, 4) is 5.75 Å². The summed E-state index contributed by atoms with van der Waals surface area (Å²) in [6.45, 7) is 2.45. The summed E-state index contributed by atoms with van der Waals surface area (Å²) in [7, 11) is 5.09. The molecular formula is C24H31NO4. The van der Waals surface area contributed by atoms with E-state index in [9.17, 15) is 5.11 Å². The number of benzene rings is 2. The molecule has 0 amide bonds. The summed E-state index contributed by atoms with van der Waals surface area (Å²) >= 11 is 0. The zero-order chi connectivity index (χ0) is 20.5. The molecule has 1 saturated carbocycles. The molecule has 0 radical (unpaired) electrons. The smallest absolute Gasteiger partial charge is 0.172 e. The van der Waals surface area contributed by atoms with E-state index in [0.29, 0.717) is 12.8 Å². The highest BCUT2D eigenvalue weighted by Crippen LogP contribution is 2.55. The van der Waals surface area contributed by atoms with E-state index in [1.54, 1.807) is 21.3 Å². The summed E-state index contributed by atoms with van der Waals surface area (Å²) in [6.07, 6.45) is 1.20. The Hall–Kier alpha value is -1.92. The van der Waals surface area contributed by atoms with E-state index in [2.05, 4.69) is 29.2 Å². The molecule has 0 bridgehead atoms. The molecule has 2 aliphatic rings. The molecule has 4 rings (SSSR count). The predicted octanol–water partition coefficient (Wildman–Crippen LogP) is 3.41. The van der Waals surface area contributed by atoms with Crippen LogP contribution in [0, 0.1) is 11.8 Å². The molecule has 156 valence electrons. The first-order valence-corrected chi connectivity index (χ1v) is 10.3. The Morgan fingerprint density at radius 3 is 2.24 bits per heavy atom. The van der Waals surface area contributed by atoms with Crippen LogP contribution in [0.25, 0.3) is 0 Å².